The normalized spacial score (nSPS) is 15.1. The third-order valence-corrected chi connectivity index (χ3v) is 3.62. The van der Waals surface area contributed by atoms with Crippen LogP contribution in [-0.4, -0.2) is 21.4 Å². The zero-order chi connectivity index (χ0) is 10.6. The van der Waals surface area contributed by atoms with Gasteiger partial charge in [-0.15, -0.1) is 0 Å². The Morgan fingerprint density at radius 2 is 2.21 bits per heavy atom. The second-order valence-corrected chi connectivity index (χ2v) is 5.00. The second-order valence-electron chi connectivity index (χ2n) is 3.25. The van der Waals surface area contributed by atoms with E-state index in [0.717, 1.165) is 11.3 Å². The minimum atomic E-state index is -0.278. The van der Waals surface area contributed by atoms with Crippen molar-refractivity contribution in [3.05, 3.63) is 29.0 Å². The van der Waals surface area contributed by atoms with Crippen LogP contribution in [0.15, 0.2) is 18.3 Å². The molecule has 0 aliphatic carbocycles. The number of aromatic nitrogens is 1. The molecular weight excluding hydrogens is 218 g/mol. The third kappa shape index (κ3) is 3.86. The van der Waals surface area contributed by atoms with E-state index < -0.39 is 0 Å². The molecule has 0 aliphatic rings. The first kappa shape index (κ1) is 11.8. The molecule has 1 aromatic heterocycles. The summed E-state index contributed by atoms with van der Waals surface area (Å²) in [5, 5.41) is 10.0. The van der Waals surface area contributed by atoms with Crippen LogP contribution in [0.25, 0.3) is 0 Å². The highest BCUT2D eigenvalue weighted by Gasteiger charge is 2.08. The molecule has 1 N–H and O–H groups in total. The molecule has 2 nitrogen and oxygen atoms in total. The smallest absolute Gasteiger partial charge is 0.129 e. The van der Waals surface area contributed by atoms with Gasteiger partial charge in [-0.05, 0) is 18.6 Å². The lowest BCUT2D eigenvalue weighted by atomic mass is 10.3. The van der Waals surface area contributed by atoms with Crippen LogP contribution in [0.2, 0.25) is 5.15 Å². The van der Waals surface area contributed by atoms with E-state index in [9.17, 15) is 5.11 Å². The molecule has 0 fully saturated rings. The van der Waals surface area contributed by atoms with E-state index in [1.165, 1.54) is 0 Å². The minimum Gasteiger partial charge on any atom is -0.392 e. The Morgan fingerprint density at radius 1 is 1.50 bits per heavy atom. The standard InChI is InChI=1S/C10H14ClNOS/c1-7(13)8(2)14-6-9-3-4-10(11)12-5-9/h3-5,7-8,13H,6H2,1-2H3. The number of nitrogens with zero attached hydrogens (tertiary/aromatic N) is 1. The zero-order valence-corrected chi connectivity index (χ0v) is 9.85. The number of halogens is 1. The Balaban J connectivity index is 2.42. The van der Waals surface area contributed by atoms with Crippen LogP contribution in [0.4, 0.5) is 0 Å². The van der Waals surface area contributed by atoms with Gasteiger partial charge < -0.3 is 5.11 Å². The fourth-order valence-corrected chi connectivity index (χ4v) is 1.88. The number of aliphatic hydroxyl groups is 1. The number of hydrogen-bond donors (Lipinski definition) is 1. The topological polar surface area (TPSA) is 33.1 Å². The largest absolute Gasteiger partial charge is 0.392 e. The Bertz CT molecular complexity index is 276. The summed E-state index contributed by atoms with van der Waals surface area (Å²) in [7, 11) is 0. The maximum Gasteiger partial charge on any atom is 0.129 e. The van der Waals surface area contributed by atoms with Crippen LogP contribution in [-0.2, 0) is 5.75 Å². The SMILES string of the molecule is CC(O)C(C)SCc1ccc(Cl)nc1. The van der Waals surface area contributed by atoms with Gasteiger partial charge in [0, 0.05) is 17.2 Å². The van der Waals surface area contributed by atoms with E-state index in [-0.39, 0.29) is 11.4 Å². The summed E-state index contributed by atoms with van der Waals surface area (Å²) in [6.45, 7) is 3.82. The van der Waals surface area contributed by atoms with Crippen molar-refractivity contribution >= 4 is 23.4 Å². The molecule has 2 unspecified atom stereocenters. The Kier molecular flexibility index (Phi) is 4.72. The van der Waals surface area contributed by atoms with Crippen molar-refractivity contribution in [3.8, 4) is 0 Å². The summed E-state index contributed by atoms with van der Waals surface area (Å²) >= 11 is 7.38. The molecule has 0 saturated heterocycles. The second kappa shape index (κ2) is 5.59. The lowest BCUT2D eigenvalue weighted by molar-refractivity contribution is 0.196. The highest BCUT2D eigenvalue weighted by Crippen LogP contribution is 2.20. The molecule has 1 rings (SSSR count). The van der Waals surface area contributed by atoms with Gasteiger partial charge in [-0.25, -0.2) is 4.98 Å². The van der Waals surface area contributed by atoms with E-state index >= 15 is 0 Å². The van der Waals surface area contributed by atoms with Crippen LogP contribution in [0.3, 0.4) is 0 Å². The van der Waals surface area contributed by atoms with Crippen molar-refractivity contribution in [2.45, 2.75) is 31.0 Å². The van der Waals surface area contributed by atoms with E-state index in [2.05, 4.69) is 4.98 Å². The Morgan fingerprint density at radius 3 is 2.71 bits per heavy atom. The summed E-state index contributed by atoms with van der Waals surface area (Å²) in [4.78, 5) is 3.99. The van der Waals surface area contributed by atoms with Crippen molar-refractivity contribution < 1.29 is 5.11 Å². The predicted molar refractivity (Wildman–Crippen MR) is 61.7 cm³/mol. The van der Waals surface area contributed by atoms with Crippen molar-refractivity contribution in [1.82, 2.24) is 4.98 Å². The van der Waals surface area contributed by atoms with Crippen LogP contribution < -0.4 is 0 Å². The molecular formula is C10H14ClNOS. The van der Waals surface area contributed by atoms with Gasteiger partial charge in [0.1, 0.15) is 5.15 Å². The highest BCUT2D eigenvalue weighted by molar-refractivity contribution is 7.99. The lowest BCUT2D eigenvalue weighted by Gasteiger charge is -2.13. The first-order valence-electron chi connectivity index (χ1n) is 4.49. The predicted octanol–water partition coefficient (Wildman–Crippen LogP) is 2.74. The van der Waals surface area contributed by atoms with Gasteiger partial charge in [-0.1, -0.05) is 24.6 Å². The molecule has 4 heteroatoms. The molecule has 14 heavy (non-hydrogen) atoms. The summed E-state index contributed by atoms with van der Waals surface area (Å²) in [5.41, 5.74) is 1.13. The maximum absolute atomic E-state index is 9.29. The van der Waals surface area contributed by atoms with Crippen molar-refractivity contribution in [3.63, 3.8) is 0 Å². The number of thioether (sulfide) groups is 1. The van der Waals surface area contributed by atoms with Crippen molar-refractivity contribution in [2.24, 2.45) is 0 Å². The number of aliphatic hydroxyl groups excluding tert-OH is 1. The van der Waals surface area contributed by atoms with Crippen LogP contribution >= 0.6 is 23.4 Å². The molecule has 1 aromatic rings. The molecule has 0 amide bonds. The molecule has 0 radical (unpaired) electrons. The van der Waals surface area contributed by atoms with Crippen molar-refractivity contribution in [1.29, 1.82) is 0 Å². The molecule has 0 aliphatic heterocycles. The summed E-state index contributed by atoms with van der Waals surface area (Å²) in [5.74, 6) is 0.857. The molecule has 78 valence electrons. The van der Waals surface area contributed by atoms with E-state index in [4.69, 9.17) is 11.6 Å². The quantitative estimate of drug-likeness (QED) is 0.809. The minimum absolute atomic E-state index is 0.241. The number of pyridine rings is 1. The van der Waals surface area contributed by atoms with Gasteiger partial charge in [0.05, 0.1) is 6.10 Å². The van der Waals surface area contributed by atoms with E-state index in [1.54, 1.807) is 30.9 Å². The number of rotatable bonds is 4. The van der Waals surface area contributed by atoms with Gasteiger partial charge >= 0.3 is 0 Å². The van der Waals surface area contributed by atoms with Crippen LogP contribution in [0, 0.1) is 0 Å². The molecule has 0 aromatic carbocycles. The van der Waals surface area contributed by atoms with Gasteiger partial charge in [-0.3, -0.25) is 0 Å². The van der Waals surface area contributed by atoms with Gasteiger partial charge in [-0.2, -0.15) is 11.8 Å². The average Bonchev–Trinajstić information content (AvgIpc) is 2.16. The molecule has 0 bridgehead atoms. The lowest BCUT2D eigenvalue weighted by Crippen LogP contribution is -2.15. The molecule has 2 atom stereocenters. The highest BCUT2D eigenvalue weighted by atomic mass is 35.5. The Hall–Kier alpha value is -0.250. The molecule has 0 spiro atoms. The summed E-state index contributed by atoms with van der Waals surface area (Å²) in [6, 6.07) is 3.74. The molecule has 1 heterocycles. The van der Waals surface area contributed by atoms with Gasteiger partial charge in [0.25, 0.3) is 0 Å². The van der Waals surface area contributed by atoms with E-state index in [1.807, 2.05) is 13.0 Å². The van der Waals surface area contributed by atoms with Crippen molar-refractivity contribution in [2.75, 3.05) is 0 Å². The summed E-state index contributed by atoms with van der Waals surface area (Å²) in [6.07, 6.45) is 1.49. The summed E-state index contributed by atoms with van der Waals surface area (Å²) < 4.78 is 0. The fourth-order valence-electron chi connectivity index (χ4n) is 0.859. The monoisotopic (exact) mass is 231 g/mol. The number of hydrogen-bond acceptors (Lipinski definition) is 3. The zero-order valence-electron chi connectivity index (χ0n) is 8.27. The van der Waals surface area contributed by atoms with Crippen LogP contribution in [0.5, 0.6) is 0 Å². The van der Waals surface area contributed by atoms with Gasteiger partial charge in [0.2, 0.25) is 0 Å². The first-order valence-corrected chi connectivity index (χ1v) is 5.92. The van der Waals surface area contributed by atoms with Crippen LogP contribution in [0.1, 0.15) is 19.4 Å². The van der Waals surface area contributed by atoms with E-state index in [0.29, 0.717) is 5.15 Å². The third-order valence-electron chi connectivity index (χ3n) is 1.98. The fraction of sp³-hybridized carbons (Fsp3) is 0.500. The molecule has 0 saturated carbocycles. The Labute approximate surface area is 93.7 Å². The van der Waals surface area contributed by atoms with Gasteiger partial charge in [0.15, 0.2) is 0 Å². The first-order chi connectivity index (χ1) is 6.59. The maximum atomic E-state index is 9.29. The average molecular weight is 232 g/mol.